The van der Waals surface area contributed by atoms with E-state index in [2.05, 4.69) is 30.1 Å². The molecule has 4 heteroatoms. The molecule has 0 aromatic heterocycles. The fraction of sp³-hybridized carbons (Fsp3) is 0.562. The molecule has 0 aliphatic carbocycles. The zero-order valence-corrected chi connectivity index (χ0v) is 13.0. The quantitative estimate of drug-likeness (QED) is 0.922. The van der Waals surface area contributed by atoms with Crippen LogP contribution in [0.3, 0.4) is 0 Å². The first-order valence-electron chi connectivity index (χ1n) is 7.31. The fourth-order valence-electron chi connectivity index (χ4n) is 2.75. The van der Waals surface area contributed by atoms with Crippen molar-refractivity contribution in [3.8, 4) is 6.07 Å². The second kappa shape index (κ2) is 6.97. The Bertz CT molecular complexity index is 487. The lowest BCUT2D eigenvalue weighted by molar-refractivity contribution is 0.393. The van der Waals surface area contributed by atoms with Crippen molar-refractivity contribution in [2.45, 2.75) is 45.2 Å². The molecule has 1 aromatic carbocycles. The molecule has 1 fully saturated rings. The van der Waals surface area contributed by atoms with Gasteiger partial charge < -0.3 is 10.2 Å². The van der Waals surface area contributed by atoms with Crippen molar-refractivity contribution in [1.82, 2.24) is 5.32 Å². The van der Waals surface area contributed by atoms with E-state index in [-0.39, 0.29) is 0 Å². The van der Waals surface area contributed by atoms with Gasteiger partial charge in [-0.1, -0.05) is 18.0 Å². The van der Waals surface area contributed by atoms with Crippen molar-refractivity contribution >= 4 is 17.3 Å². The standard InChI is InChI=1S/C16H22ClN3/c1-12(2)20(11-15-5-3-4-8-19-15)16-7-6-14(17)9-13(16)10-18/h6-7,9,12,15,19H,3-5,8,11H2,1-2H3. The monoisotopic (exact) mass is 291 g/mol. The summed E-state index contributed by atoms with van der Waals surface area (Å²) in [6.07, 6.45) is 3.76. The molecule has 3 nitrogen and oxygen atoms in total. The molecule has 0 saturated carbocycles. The van der Waals surface area contributed by atoms with Crippen molar-refractivity contribution in [2.24, 2.45) is 0 Å². The highest BCUT2D eigenvalue weighted by Gasteiger charge is 2.21. The van der Waals surface area contributed by atoms with E-state index in [1.165, 1.54) is 19.3 Å². The smallest absolute Gasteiger partial charge is 0.101 e. The minimum absolute atomic E-state index is 0.354. The number of nitriles is 1. The van der Waals surface area contributed by atoms with E-state index < -0.39 is 0 Å². The number of anilines is 1. The van der Waals surface area contributed by atoms with Crippen LogP contribution < -0.4 is 10.2 Å². The molecule has 0 bridgehead atoms. The Hall–Kier alpha value is -1.24. The summed E-state index contributed by atoms with van der Waals surface area (Å²) in [5.74, 6) is 0. The molecule has 108 valence electrons. The molecule has 1 heterocycles. The van der Waals surface area contributed by atoms with Gasteiger partial charge in [-0.25, -0.2) is 0 Å². The molecule has 1 saturated heterocycles. The van der Waals surface area contributed by atoms with Gasteiger partial charge in [0.05, 0.1) is 11.3 Å². The maximum Gasteiger partial charge on any atom is 0.101 e. The van der Waals surface area contributed by atoms with E-state index in [4.69, 9.17) is 11.6 Å². The predicted octanol–water partition coefficient (Wildman–Crippen LogP) is 3.57. The van der Waals surface area contributed by atoms with Crippen molar-refractivity contribution in [1.29, 1.82) is 5.26 Å². The Morgan fingerprint density at radius 1 is 1.45 bits per heavy atom. The third-order valence-electron chi connectivity index (χ3n) is 3.84. The van der Waals surface area contributed by atoms with Crippen LogP contribution in [-0.4, -0.2) is 25.2 Å². The van der Waals surface area contributed by atoms with Gasteiger partial charge in [0, 0.05) is 23.7 Å². The molecule has 20 heavy (non-hydrogen) atoms. The Labute approximate surface area is 126 Å². The second-order valence-electron chi connectivity index (χ2n) is 5.67. The zero-order valence-electron chi connectivity index (χ0n) is 12.2. The summed E-state index contributed by atoms with van der Waals surface area (Å²) >= 11 is 5.99. The number of nitrogens with zero attached hydrogens (tertiary/aromatic N) is 2. The van der Waals surface area contributed by atoms with E-state index in [1.54, 1.807) is 6.07 Å². The maximum atomic E-state index is 9.33. The van der Waals surface area contributed by atoms with Crippen LogP contribution >= 0.6 is 11.6 Å². The van der Waals surface area contributed by atoms with E-state index in [9.17, 15) is 5.26 Å². The third-order valence-corrected chi connectivity index (χ3v) is 4.08. The van der Waals surface area contributed by atoms with Crippen LogP contribution in [0.4, 0.5) is 5.69 Å². The lowest BCUT2D eigenvalue weighted by Gasteiger charge is -2.35. The van der Waals surface area contributed by atoms with Gasteiger partial charge in [0.15, 0.2) is 0 Å². The van der Waals surface area contributed by atoms with Gasteiger partial charge in [0.2, 0.25) is 0 Å². The second-order valence-corrected chi connectivity index (χ2v) is 6.10. The van der Waals surface area contributed by atoms with E-state index >= 15 is 0 Å². The van der Waals surface area contributed by atoms with Crippen LogP contribution in [-0.2, 0) is 0 Å². The summed E-state index contributed by atoms with van der Waals surface area (Å²) in [6.45, 7) is 6.37. The minimum Gasteiger partial charge on any atom is -0.366 e. The first-order chi connectivity index (χ1) is 9.61. The average molecular weight is 292 g/mol. The molecule has 0 radical (unpaired) electrons. The Kier molecular flexibility index (Phi) is 5.28. The third kappa shape index (κ3) is 3.65. The van der Waals surface area contributed by atoms with Gasteiger partial charge in [-0.2, -0.15) is 5.26 Å². The molecule has 0 amide bonds. The van der Waals surface area contributed by atoms with Crippen LogP contribution in [0.2, 0.25) is 5.02 Å². The van der Waals surface area contributed by atoms with E-state index in [0.717, 1.165) is 18.8 Å². The summed E-state index contributed by atoms with van der Waals surface area (Å²) < 4.78 is 0. The topological polar surface area (TPSA) is 39.1 Å². The molecule has 1 aliphatic heterocycles. The predicted molar refractivity (Wildman–Crippen MR) is 84.3 cm³/mol. The molecular weight excluding hydrogens is 270 g/mol. The van der Waals surface area contributed by atoms with E-state index in [1.807, 2.05) is 12.1 Å². The van der Waals surface area contributed by atoms with Gasteiger partial charge >= 0.3 is 0 Å². The molecule has 1 N–H and O–H groups in total. The van der Waals surface area contributed by atoms with E-state index in [0.29, 0.717) is 22.7 Å². The number of piperidine rings is 1. The highest BCUT2D eigenvalue weighted by atomic mass is 35.5. The highest BCUT2D eigenvalue weighted by molar-refractivity contribution is 6.30. The SMILES string of the molecule is CC(C)N(CC1CCCCN1)c1ccc(Cl)cc1C#N. The van der Waals surface area contributed by atoms with Crippen LogP contribution in [0.5, 0.6) is 0 Å². The minimum atomic E-state index is 0.354. The molecule has 2 rings (SSSR count). The number of rotatable bonds is 4. The van der Waals surface area contributed by atoms with Crippen molar-refractivity contribution in [2.75, 3.05) is 18.0 Å². The number of hydrogen-bond donors (Lipinski definition) is 1. The number of nitrogens with one attached hydrogen (secondary N) is 1. The van der Waals surface area contributed by atoms with Crippen molar-refractivity contribution in [3.63, 3.8) is 0 Å². The first kappa shape index (κ1) is 15.2. The first-order valence-corrected chi connectivity index (χ1v) is 7.69. The summed E-state index contributed by atoms with van der Waals surface area (Å²) in [6, 6.07) is 8.70. The molecule has 1 unspecified atom stereocenters. The number of benzene rings is 1. The number of halogens is 1. The Balaban J connectivity index is 2.22. The zero-order chi connectivity index (χ0) is 14.5. The summed E-state index contributed by atoms with van der Waals surface area (Å²) in [7, 11) is 0. The normalized spacial score (nSPS) is 18.9. The van der Waals surface area contributed by atoms with Crippen LogP contribution in [0.15, 0.2) is 18.2 Å². The lowest BCUT2D eigenvalue weighted by Crippen LogP contribution is -2.46. The van der Waals surface area contributed by atoms with Crippen LogP contribution in [0.25, 0.3) is 0 Å². The molecule has 0 spiro atoms. The fourth-order valence-corrected chi connectivity index (χ4v) is 2.92. The number of hydrogen-bond acceptors (Lipinski definition) is 3. The van der Waals surface area contributed by atoms with Gasteiger partial charge in [-0.15, -0.1) is 0 Å². The lowest BCUT2D eigenvalue weighted by atomic mass is 10.0. The maximum absolute atomic E-state index is 9.33. The molecular formula is C16H22ClN3. The van der Waals surface area contributed by atoms with Gasteiger partial charge in [-0.3, -0.25) is 0 Å². The van der Waals surface area contributed by atoms with Crippen molar-refractivity contribution < 1.29 is 0 Å². The molecule has 1 aromatic rings. The van der Waals surface area contributed by atoms with Gasteiger partial charge in [0.1, 0.15) is 6.07 Å². The largest absolute Gasteiger partial charge is 0.366 e. The molecule has 1 atom stereocenters. The van der Waals surface area contributed by atoms with Gasteiger partial charge in [0.25, 0.3) is 0 Å². The molecule has 1 aliphatic rings. The summed E-state index contributed by atoms with van der Waals surface area (Å²) in [4.78, 5) is 2.30. The van der Waals surface area contributed by atoms with Crippen LogP contribution in [0.1, 0.15) is 38.7 Å². The average Bonchev–Trinajstić information content (AvgIpc) is 2.46. The highest BCUT2D eigenvalue weighted by Crippen LogP contribution is 2.26. The summed E-state index contributed by atoms with van der Waals surface area (Å²) in [5, 5.41) is 13.5. The Morgan fingerprint density at radius 2 is 2.25 bits per heavy atom. The van der Waals surface area contributed by atoms with Crippen molar-refractivity contribution in [3.05, 3.63) is 28.8 Å². The van der Waals surface area contributed by atoms with Gasteiger partial charge in [-0.05, 0) is 51.4 Å². The Morgan fingerprint density at radius 3 is 2.85 bits per heavy atom. The summed E-state index contributed by atoms with van der Waals surface area (Å²) in [5.41, 5.74) is 1.64. The van der Waals surface area contributed by atoms with Crippen LogP contribution in [0, 0.1) is 11.3 Å².